The first-order valence-electron chi connectivity index (χ1n) is 22.4. The van der Waals surface area contributed by atoms with Gasteiger partial charge in [-0.25, -0.2) is 92.6 Å². The van der Waals surface area contributed by atoms with Gasteiger partial charge in [-0.2, -0.15) is 0 Å². The third-order valence-electron chi connectivity index (χ3n) is 12.6. The van der Waals surface area contributed by atoms with Crippen LogP contribution in [0.2, 0.25) is 0 Å². The molecule has 0 saturated carbocycles. The number of rotatable bonds is 13. The van der Waals surface area contributed by atoms with E-state index in [1.807, 2.05) is 61.5 Å². The summed E-state index contributed by atoms with van der Waals surface area (Å²) in [5.74, 6) is -71.7. The van der Waals surface area contributed by atoms with E-state index in [2.05, 4.69) is 36.4 Å². The molecule has 3 nitrogen and oxygen atoms in total. The largest absolute Gasteiger partial charge is 0.462 e. The van der Waals surface area contributed by atoms with Crippen molar-refractivity contribution in [3.05, 3.63) is 243 Å². The Labute approximate surface area is 433 Å². The van der Waals surface area contributed by atoms with E-state index in [1.165, 1.54) is 15.9 Å². The first kappa shape index (κ1) is 58.7. The summed E-state index contributed by atoms with van der Waals surface area (Å²) >= 11 is 0. The first-order chi connectivity index (χ1) is 37.3. The normalized spacial score (nSPS) is 11.6. The molecule has 8 aromatic carbocycles. The van der Waals surface area contributed by atoms with E-state index in [1.54, 1.807) is 24.3 Å². The molecule has 0 bridgehead atoms. The monoisotopic (exact) mass is 1150 g/mol. The fraction of sp³-hybridized carbons (Fsp3) is 0.0741. The number of hydrogen-bond acceptors (Lipinski definition) is 3. The van der Waals surface area contributed by atoms with Crippen molar-refractivity contribution in [2.45, 2.75) is 13.3 Å². The maximum absolute atomic E-state index is 15.4. The molecular formula is C54H28BF20O3P. The van der Waals surface area contributed by atoms with Gasteiger partial charge in [0.2, 0.25) is 5.78 Å². The van der Waals surface area contributed by atoms with Gasteiger partial charge in [0.05, 0.1) is 12.2 Å². The van der Waals surface area contributed by atoms with Crippen LogP contribution in [0.3, 0.4) is 0 Å². The lowest BCUT2D eigenvalue weighted by Crippen LogP contribution is -2.81. The van der Waals surface area contributed by atoms with Crippen LogP contribution in [0.25, 0.3) is 0 Å². The molecule has 0 heterocycles. The Morgan fingerprint density at radius 1 is 0.342 bits per heavy atom. The zero-order chi connectivity index (χ0) is 58.2. The molecule has 8 rings (SSSR count). The van der Waals surface area contributed by atoms with Crippen LogP contribution in [-0.4, -0.2) is 30.7 Å². The Kier molecular flexibility index (Phi) is 17.2. The van der Waals surface area contributed by atoms with Crippen molar-refractivity contribution in [2.75, 3.05) is 12.8 Å². The van der Waals surface area contributed by atoms with Crippen LogP contribution in [0.1, 0.15) is 34.1 Å². The van der Waals surface area contributed by atoms with E-state index >= 15 is 35.1 Å². The molecule has 0 atom stereocenters. The molecule has 0 amide bonds. The predicted octanol–water partition coefficient (Wildman–Crippen LogP) is 11.3. The number of carbonyl (C=O) groups is 2. The maximum atomic E-state index is 15.4. The van der Waals surface area contributed by atoms with E-state index in [0.29, 0.717) is 23.9 Å². The molecule has 0 spiro atoms. The molecule has 0 radical (unpaired) electrons. The van der Waals surface area contributed by atoms with Crippen LogP contribution in [-0.2, 0) is 4.74 Å². The van der Waals surface area contributed by atoms with Crippen LogP contribution >= 0.6 is 7.26 Å². The van der Waals surface area contributed by atoms with Gasteiger partial charge in [-0.3, -0.25) is 4.79 Å². The molecule has 0 unspecified atom stereocenters. The molecule has 0 fully saturated rings. The van der Waals surface area contributed by atoms with Crippen molar-refractivity contribution < 1.29 is 102 Å². The summed E-state index contributed by atoms with van der Waals surface area (Å²) in [5, 5.41) is 3.50. The molecule has 79 heavy (non-hydrogen) atoms. The number of ether oxygens (including phenoxy) is 1. The minimum Gasteiger partial charge on any atom is -0.462 e. The van der Waals surface area contributed by atoms with Crippen LogP contribution in [0.4, 0.5) is 87.8 Å². The highest BCUT2D eigenvalue weighted by atomic mass is 31.2. The van der Waals surface area contributed by atoms with E-state index in [-0.39, 0.29) is 11.8 Å². The van der Waals surface area contributed by atoms with E-state index in [9.17, 15) is 62.3 Å². The average Bonchev–Trinajstić information content (AvgIpc) is 2.63. The first-order valence-corrected chi connectivity index (χ1v) is 24.4. The van der Waals surface area contributed by atoms with Crippen LogP contribution in [0.15, 0.2) is 115 Å². The van der Waals surface area contributed by atoms with Gasteiger partial charge in [0.15, 0.2) is 69.8 Å². The molecule has 0 N–H and O–H groups in total. The van der Waals surface area contributed by atoms with Gasteiger partial charge in [0.1, 0.15) is 82.0 Å². The van der Waals surface area contributed by atoms with Gasteiger partial charge in [0.25, 0.3) is 0 Å². The van der Waals surface area contributed by atoms with Crippen molar-refractivity contribution in [3.63, 3.8) is 0 Å². The highest BCUT2D eigenvalue weighted by Crippen LogP contribution is 2.55. The summed E-state index contributed by atoms with van der Waals surface area (Å²) < 4.78 is 299. The van der Waals surface area contributed by atoms with Gasteiger partial charge in [0, 0.05) is 5.56 Å². The predicted molar refractivity (Wildman–Crippen MR) is 251 cm³/mol. The van der Waals surface area contributed by atoms with Gasteiger partial charge in [-0.1, -0.05) is 73.7 Å². The zero-order valence-corrected chi connectivity index (χ0v) is 40.3. The molecule has 8 aromatic rings. The number of Topliss-reactive ketones (excluding diaryl/α,β-unsaturated/α-hetero) is 1. The second-order valence-electron chi connectivity index (χ2n) is 16.9. The number of hydrogen-bond donors (Lipinski definition) is 0. The number of halogens is 20. The van der Waals surface area contributed by atoms with Gasteiger partial charge >= 0.3 is 5.97 Å². The van der Waals surface area contributed by atoms with Crippen LogP contribution in [0, 0.1) is 116 Å². The Balaban J connectivity index is 0.000000237. The lowest BCUT2D eigenvalue weighted by Gasteiger charge is -2.44. The van der Waals surface area contributed by atoms with E-state index in [0.717, 1.165) is 6.42 Å². The molecule has 25 heteroatoms. The van der Waals surface area contributed by atoms with Gasteiger partial charge in [-0.05, 0) is 55.0 Å². The number of benzene rings is 8. The Morgan fingerprint density at radius 3 is 0.810 bits per heavy atom. The second kappa shape index (κ2) is 23.1. The number of carbonyl (C=O) groups excluding carboxylic acids is 2. The minimum atomic E-state index is -7.22. The van der Waals surface area contributed by atoms with Crippen LogP contribution < -0.4 is 37.8 Å². The van der Waals surface area contributed by atoms with E-state index < -0.39 is 152 Å². The van der Waals surface area contributed by atoms with Crippen molar-refractivity contribution in [1.82, 2.24) is 0 Å². The topological polar surface area (TPSA) is 43.4 Å². The lowest BCUT2D eigenvalue weighted by molar-refractivity contribution is 0.0504. The fourth-order valence-corrected chi connectivity index (χ4v) is 13.1. The summed E-state index contributed by atoms with van der Waals surface area (Å²) in [6, 6.07) is 37.9. The molecule has 410 valence electrons. The summed E-state index contributed by atoms with van der Waals surface area (Å²) in [6.45, 7) is 2.34. The summed E-state index contributed by atoms with van der Waals surface area (Å²) in [5.41, 5.74) is -13.3. The maximum Gasteiger partial charge on any atom is 0.338 e. The van der Waals surface area contributed by atoms with Crippen molar-refractivity contribution >= 4 is 62.9 Å². The average molecular weight is 1150 g/mol. The fourth-order valence-electron chi connectivity index (χ4n) is 9.02. The van der Waals surface area contributed by atoms with Gasteiger partial charge in [-0.15, -0.1) is 21.9 Å². The minimum absolute atomic E-state index is 0.0540. The third-order valence-corrected chi connectivity index (χ3v) is 16.9. The molecular weight excluding hydrogens is 1120 g/mol. The standard InChI is InChI=1S/C30H28O3P.C24BF20/c1-2-22-33-30(32)25-20-18-24(19-21-25)29(31)23-34(26-12-6-3-7-13-26,27-14-8-4-9-15-27)28-16-10-5-11-17-28;26-5-1(6(27)14(35)21(42)13(5)34)25(2-7(28)15(36)22(43)16(37)8(2)29,3-9(30)17(38)23(44)18(39)10(3)31)4-11(32)19(40)24(45)20(41)12(4)33/h3-21H,2,22-23H2,1H3;/q+1;-1. The van der Waals surface area contributed by atoms with Crippen molar-refractivity contribution in [2.24, 2.45) is 0 Å². The Hall–Kier alpha value is -8.01. The van der Waals surface area contributed by atoms with Gasteiger partial charge < -0.3 is 4.74 Å². The molecule has 0 aliphatic rings. The highest BCUT2D eigenvalue weighted by molar-refractivity contribution is 7.96. The summed E-state index contributed by atoms with van der Waals surface area (Å²) in [4.78, 5) is 25.9. The SMILES string of the molecule is CCCOC(=O)c1ccc(C(=O)C[P+](c2ccccc2)(c2ccccc2)c2ccccc2)cc1.Fc1c(F)c(F)c([B-](c2c(F)c(F)c(F)c(F)c2F)(c2c(F)c(F)c(F)c(F)c2F)c2c(F)c(F)c(F)c(F)c2F)c(F)c1F. The molecule has 0 aliphatic carbocycles. The third kappa shape index (κ3) is 9.88. The van der Waals surface area contributed by atoms with Crippen molar-refractivity contribution in [1.29, 1.82) is 0 Å². The number of ketones is 1. The lowest BCUT2D eigenvalue weighted by atomic mass is 9.12. The van der Waals surface area contributed by atoms with Crippen molar-refractivity contribution in [3.8, 4) is 0 Å². The van der Waals surface area contributed by atoms with E-state index in [4.69, 9.17) is 4.74 Å². The smallest absolute Gasteiger partial charge is 0.338 e. The Bertz CT molecular complexity index is 3190. The quantitative estimate of drug-likeness (QED) is 0.0220. The van der Waals surface area contributed by atoms with Crippen LogP contribution in [0.5, 0.6) is 0 Å². The summed E-state index contributed by atoms with van der Waals surface area (Å²) in [7, 11) is -2.26. The second-order valence-corrected chi connectivity index (χ2v) is 20.4. The summed E-state index contributed by atoms with van der Waals surface area (Å²) in [6.07, 6.45) is -6.08. The molecule has 0 aliphatic heterocycles. The highest BCUT2D eigenvalue weighted by Gasteiger charge is 2.53. The molecule has 0 aromatic heterocycles. The zero-order valence-electron chi connectivity index (χ0n) is 39.4. The number of esters is 1. The molecule has 0 saturated heterocycles. The Morgan fingerprint density at radius 2 is 0.570 bits per heavy atom.